The fourth-order valence-electron chi connectivity index (χ4n) is 2.90. The van der Waals surface area contributed by atoms with Crippen LogP contribution in [0.25, 0.3) is 0 Å². The Balaban J connectivity index is 0.00000312. The Labute approximate surface area is 157 Å². The number of nitrogens with one attached hydrogen (secondary N) is 1. The fraction of sp³-hybridized carbons (Fsp3) is 0.667. The number of ketones is 1. The van der Waals surface area contributed by atoms with Crippen LogP contribution in [0.5, 0.6) is 0 Å². The topological polar surface area (TPSA) is 65.8 Å². The molecule has 0 radical (unpaired) electrons. The second-order valence-electron chi connectivity index (χ2n) is 6.90. The molecule has 1 aromatic heterocycles. The van der Waals surface area contributed by atoms with Gasteiger partial charge in [-0.15, -0.1) is 0 Å². The Hall–Kier alpha value is -1.31. The maximum absolute atomic E-state index is 12.5. The number of hydrogen-bond donors (Lipinski definition) is 1. The van der Waals surface area contributed by atoms with E-state index in [9.17, 15) is 9.59 Å². The molecule has 6 nitrogen and oxygen atoms in total. The minimum atomic E-state index is -0.315. The maximum atomic E-state index is 12.5. The summed E-state index contributed by atoms with van der Waals surface area (Å²) in [6.07, 6.45) is 2.37. The molecule has 0 unspecified atom stereocenters. The largest absolute Gasteiger partial charge is 0.461 e. The number of Topliss-reactive ketones (excluding diaryl/α,β-unsaturated/α-hetero) is 1. The van der Waals surface area contributed by atoms with Crippen molar-refractivity contribution >= 4 is 25.2 Å². The van der Waals surface area contributed by atoms with Gasteiger partial charge in [-0.1, -0.05) is 0 Å². The molecule has 1 fully saturated rings. The minimum absolute atomic E-state index is 0. The molecular formula is C18H31N3O3S. The molecule has 142 valence electrons. The number of piperazine rings is 1. The highest BCUT2D eigenvalue weighted by molar-refractivity contribution is 7.59. The summed E-state index contributed by atoms with van der Waals surface area (Å²) in [4.78, 5) is 29.4. The number of rotatable bonds is 8. The second-order valence-corrected chi connectivity index (χ2v) is 6.90. The van der Waals surface area contributed by atoms with E-state index in [4.69, 9.17) is 4.42 Å². The van der Waals surface area contributed by atoms with Gasteiger partial charge in [0, 0.05) is 44.6 Å². The molecule has 7 heteroatoms. The van der Waals surface area contributed by atoms with Crippen LogP contribution in [-0.2, 0) is 4.79 Å². The van der Waals surface area contributed by atoms with Crippen molar-refractivity contribution in [1.82, 2.24) is 15.1 Å². The van der Waals surface area contributed by atoms with Crippen LogP contribution in [0.4, 0.5) is 0 Å². The number of likely N-dealkylation sites (N-methyl/N-ethyl adjacent to an activating group) is 1. The third-order valence-electron chi connectivity index (χ3n) is 4.42. The lowest BCUT2D eigenvalue weighted by atomic mass is 9.96. The van der Waals surface area contributed by atoms with Gasteiger partial charge in [-0.25, -0.2) is 0 Å². The number of carbonyl (C=O) groups excluding carboxylic acids is 2. The predicted molar refractivity (Wildman–Crippen MR) is 103 cm³/mol. The molecule has 1 aliphatic heterocycles. The van der Waals surface area contributed by atoms with Crippen molar-refractivity contribution in [2.45, 2.75) is 32.7 Å². The zero-order valence-electron chi connectivity index (χ0n) is 15.5. The van der Waals surface area contributed by atoms with E-state index in [0.29, 0.717) is 12.2 Å². The van der Waals surface area contributed by atoms with Gasteiger partial charge in [-0.05, 0) is 46.0 Å². The van der Waals surface area contributed by atoms with Crippen molar-refractivity contribution in [2.75, 3.05) is 39.8 Å². The van der Waals surface area contributed by atoms with Gasteiger partial charge in [-0.2, -0.15) is 13.5 Å². The smallest absolute Gasteiger partial charge is 0.223 e. The van der Waals surface area contributed by atoms with Crippen LogP contribution in [0.15, 0.2) is 22.8 Å². The van der Waals surface area contributed by atoms with Crippen LogP contribution < -0.4 is 5.32 Å². The molecule has 0 aromatic carbocycles. The number of amides is 1. The van der Waals surface area contributed by atoms with Crippen LogP contribution >= 0.6 is 13.5 Å². The first-order chi connectivity index (χ1) is 11.5. The Kier molecular flexibility index (Phi) is 9.24. The molecule has 1 atom stereocenters. The fourth-order valence-corrected chi connectivity index (χ4v) is 2.90. The molecule has 25 heavy (non-hydrogen) atoms. The summed E-state index contributed by atoms with van der Waals surface area (Å²) < 4.78 is 5.17. The summed E-state index contributed by atoms with van der Waals surface area (Å²) in [7, 11) is 2.12. The highest BCUT2D eigenvalue weighted by Gasteiger charge is 2.25. The van der Waals surface area contributed by atoms with Crippen LogP contribution in [0.3, 0.4) is 0 Å². The van der Waals surface area contributed by atoms with Gasteiger partial charge in [0.15, 0.2) is 11.5 Å². The molecule has 1 saturated heterocycles. The first-order valence-corrected chi connectivity index (χ1v) is 8.73. The summed E-state index contributed by atoms with van der Waals surface area (Å²) in [5.41, 5.74) is 0. The normalized spacial score (nSPS) is 17.1. The Morgan fingerprint density at radius 3 is 2.48 bits per heavy atom. The summed E-state index contributed by atoms with van der Waals surface area (Å²) in [6.45, 7) is 8.84. The number of nitrogens with zero attached hydrogens (tertiary/aromatic N) is 2. The quantitative estimate of drug-likeness (QED) is 0.707. The van der Waals surface area contributed by atoms with Crippen molar-refractivity contribution in [2.24, 2.45) is 5.92 Å². The van der Waals surface area contributed by atoms with Crippen molar-refractivity contribution in [3.05, 3.63) is 24.2 Å². The van der Waals surface area contributed by atoms with Crippen molar-refractivity contribution < 1.29 is 14.0 Å². The first-order valence-electron chi connectivity index (χ1n) is 8.73. The maximum Gasteiger partial charge on any atom is 0.223 e. The average Bonchev–Trinajstić information content (AvgIpc) is 3.06. The minimum Gasteiger partial charge on any atom is -0.461 e. The van der Waals surface area contributed by atoms with E-state index in [-0.39, 0.29) is 43.6 Å². The third-order valence-corrected chi connectivity index (χ3v) is 4.42. The highest BCUT2D eigenvalue weighted by Crippen LogP contribution is 2.16. The summed E-state index contributed by atoms with van der Waals surface area (Å²) >= 11 is 0. The molecule has 1 aliphatic rings. The van der Waals surface area contributed by atoms with E-state index < -0.39 is 0 Å². The van der Waals surface area contributed by atoms with Crippen molar-refractivity contribution in [3.8, 4) is 0 Å². The molecule has 1 N–H and O–H groups in total. The molecule has 0 bridgehead atoms. The van der Waals surface area contributed by atoms with Gasteiger partial charge >= 0.3 is 0 Å². The first kappa shape index (κ1) is 21.7. The van der Waals surface area contributed by atoms with Gasteiger partial charge in [0.2, 0.25) is 5.91 Å². The van der Waals surface area contributed by atoms with Crippen LogP contribution in [0.2, 0.25) is 0 Å². The third kappa shape index (κ3) is 7.22. The highest BCUT2D eigenvalue weighted by atomic mass is 32.1. The molecule has 1 amide bonds. The summed E-state index contributed by atoms with van der Waals surface area (Å²) in [5, 5.41) is 2.94. The zero-order valence-corrected chi connectivity index (χ0v) is 16.5. The molecule has 2 rings (SSSR count). The lowest BCUT2D eigenvalue weighted by Gasteiger charge is -2.33. The summed E-state index contributed by atoms with van der Waals surface area (Å²) in [6, 6.07) is 3.42. The van der Waals surface area contributed by atoms with Crippen molar-refractivity contribution in [1.29, 1.82) is 0 Å². The number of hydrogen-bond acceptors (Lipinski definition) is 5. The van der Waals surface area contributed by atoms with Crippen molar-refractivity contribution in [3.63, 3.8) is 0 Å². The predicted octanol–water partition coefficient (Wildman–Crippen LogP) is 1.74. The second kappa shape index (κ2) is 10.6. The summed E-state index contributed by atoms with van der Waals surface area (Å²) in [5.74, 6) is -0.136. The molecule has 0 saturated carbocycles. The molecule has 2 heterocycles. The molecular weight excluding hydrogens is 338 g/mol. The average molecular weight is 370 g/mol. The lowest BCUT2D eigenvalue weighted by Crippen LogP contribution is -2.45. The Bertz CT molecular complexity index is 526. The monoisotopic (exact) mass is 369 g/mol. The van der Waals surface area contributed by atoms with Crippen LogP contribution in [0.1, 0.15) is 37.2 Å². The van der Waals surface area contributed by atoms with Gasteiger partial charge in [0.25, 0.3) is 0 Å². The molecule has 1 aromatic rings. The molecule has 0 spiro atoms. The van der Waals surface area contributed by atoms with E-state index in [1.165, 1.54) is 6.26 Å². The van der Waals surface area contributed by atoms with Gasteiger partial charge in [0.1, 0.15) is 0 Å². The van der Waals surface area contributed by atoms with Gasteiger partial charge in [-0.3, -0.25) is 9.59 Å². The van der Waals surface area contributed by atoms with E-state index in [1.54, 1.807) is 12.1 Å². The SMILES string of the molecule is CC(C)NC(=O)[C@H](CCN1CCN(C)CC1)CC(=O)c1ccco1.S. The van der Waals surface area contributed by atoms with E-state index in [0.717, 1.165) is 32.7 Å². The van der Waals surface area contributed by atoms with Gasteiger partial charge < -0.3 is 19.5 Å². The molecule has 0 aliphatic carbocycles. The van der Waals surface area contributed by atoms with E-state index in [1.807, 2.05) is 13.8 Å². The number of furan rings is 1. The number of carbonyl (C=O) groups is 2. The van der Waals surface area contributed by atoms with E-state index in [2.05, 4.69) is 22.2 Å². The Morgan fingerprint density at radius 2 is 1.92 bits per heavy atom. The van der Waals surface area contributed by atoms with E-state index >= 15 is 0 Å². The van der Waals surface area contributed by atoms with Crippen LogP contribution in [0, 0.1) is 5.92 Å². The van der Waals surface area contributed by atoms with Crippen LogP contribution in [-0.4, -0.2) is 67.3 Å². The Morgan fingerprint density at radius 1 is 1.24 bits per heavy atom. The zero-order chi connectivity index (χ0) is 17.5. The van der Waals surface area contributed by atoms with Gasteiger partial charge in [0.05, 0.1) is 6.26 Å². The standard InChI is InChI=1S/C18H29N3O3.H2S/c1-14(2)19-18(23)15(13-16(22)17-5-4-12-24-17)6-7-21-10-8-20(3)9-11-21;/h4-5,12,14-15H,6-11,13H2,1-3H3,(H,19,23);1H2/t15-;/m1./s1. The lowest BCUT2D eigenvalue weighted by molar-refractivity contribution is -0.125.